The molecule has 0 aliphatic carbocycles. The first-order valence-electron chi connectivity index (χ1n) is 9.82. The van der Waals surface area contributed by atoms with Gasteiger partial charge in [0.2, 0.25) is 5.91 Å². The highest BCUT2D eigenvalue weighted by atomic mass is 35.5. The molecule has 0 aliphatic heterocycles. The normalized spacial score (nSPS) is 12.0. The average Bonchev–Trinajstić information content (AvgIpc) is 3.26. The summed E-state index contributed by atoms with van der Waals surface area (Å²) in [4.78, 5) is 16.9. The van der Waals surface area contributed by atoms with E-state index in [1.807, 2.05) is 36.4 Å². The van der Waals surface area contributed by atoms with E-state index < -0.39 is 0 Å². The number of benzene rings is 2. The predicted molar refractivity (Wildman–Crippen MR) is 119 cm³/mol. The first-order valence-corrected chi connectivity index (χ1v) is 10.2. The van der Waals surface area contributed by atoms with Crippen molar-refractivity contribution >= 4 is 23.2 Å². The molecule has 3 rings (SSSR count). The summed E-state index contributed by atoms with van der Waals surface area (Å²) in [7, 11) is 1.58. The van der Waals surface area contributed by atoms with Gasteiger partial charge in [-0.05, 0) is 42.2 Å². The van der Waals surface area contributed by atoms with Crippen LogP contribution >= 0.6 is 11.6 Å². The Bertz CT molecular complexity index is 956. The van der Waals surface area contributed by atoms with Crippen LogP contribution in [0.3, 0.4) is 0 Å². The van der Waals surface area contributed by atoms with E-state index in [0.717, 1.165) is 11.1 Å². The van der Waals surface area contributed by atoms with Crippen molar-refractivity contribution < 1.29 is 13.9 Å². The Labute approximate surface area is 181 Å². The number of nitrogens with one attached hydrogen (secondary N) is 2. The second-order valence-electron chi connectivity index (χ2n) is 7.46. The van der Waals surface area contributed by atoms with E-state index >= 15 is 0 Å². The number of anilines is 1. The zero-order valence-electron chi connectivity index (χ0n) is 17.3. The molecule has 3 aromatic rings. The Morgan fingerprint density at radius 3 is 2.60 bits per heavy atom. The number of hydrogen-bond donors (Lipinski definition) is 2. The van der Waals surface area contributed by atoms with E-state index in [4.69, 9.17) is 20.8 Å². The summed E-state index contributed by atoms with van der Waals surface area (Å²) in [6.07, 6.45) is 3.70. The van der Waals surface area contributed by atoms with E-state index in [2.05, 4.69) is 29.5 Å². The summed E-state index contributed by atoms with van der Waals surface area (Å²) < 4.78 is 10.8. The van der Waals surface area contributed by atoms with Gasteiger partial charge in [0.05, 0.1) is 24.9 Å². The fourth-order valence-electron chi connectivity index (χ4n) is 3.15. The molecule has 1 amide bonds. The molecular formula is C23H26ClN3O3. The zero-order valence-corrected chi connectivity index (χ0v) is 18.1. The lowest BCUT2D eigenvalue weighted by molar-refractivity contribution is -0.118. The van der Waals surface area contributed by atoms with Crippen molar-refractivity contribution in [1.82, 2.24) is 10.3 Å². The quantitative estimate of drug-likeness (QED) is 0.494. The molecule has 1 unspecified atom stereocenters. The third-order valence-electron chi connectivity index (χ3n) is 4.66. The van der Waals surface area contributed by atoms with Gasteiger partial charge in [0.15, 0.2) is 12.2 Å². The Hall–Kier alpha value is -2.83. The van der Waals surface area contributed by atoms with Crippen LogP contribution < -0.4 is 15.4 Å². The first-order chi connectivity index (χ1) is 14.5. The van der Waals surface area contributed by atoms with Gasteiger partial charge in [0.25, 0.3) is 0 Å². The molecule has 6 nitrogen and oxygen atoms in total. The van der Waals surface area contributed by atoms with Gasteiger partial charge in [-0.1, -0.05) is 37.6 Å². The Balaban J connectivity index is 1.70. The molecule has 0 fully saturated rings. The fourth-order valence-corrected chi connectivity index (χ4v) is 3.27. The summed E-state index contributed by atoms with van der Waals surface area (Å²) >= 11 is 5.95. The van der Waals surface area contributed by atoms with Crippen LogP contribution in [0.1, 0.15) is 25.8 Å². The van der Waals surface area contributed by atoms with Gasteiger partial charge in [-0.3, -0.25) is 4.79 Å². The average molecular weight is 428 g/mol. The maximum Gasteiger partial charge on any atom is 0.241 e. The number of ether oxygens (including phenoxy) is 1. The number of carbonyl (C=O) groups excluding carboxylic acids is 1. The highest BCUT2D eigenvalue weighted by Gasteiger charge is 2.20. The van der Waals surface area contributed by atoms with Crippen LogP contribution in [0.15, 0.2) is 59.5 Å². The number of carbonyl (C=O) groups is 1. The summed E-state index contributed by atoms with van der Waals surface area (Å²) in [5, 5.41) is 7.04. The van der Waals surface area contributed by atoms with Crippen molar-refractivity contribution in [2.24, 2.45) is 5.92 Å². The number of aromatic nitrogens is 1. The third-order valence-corrected chi connectivity index (χ3v) is 4.91. The Morgan fingerprint density at radius 2 is 1.97 bits per heavy atom. The summed E-state index contributed by atoms with van der Waals surface area (Å²) in [5.74, 6) is 1.47. The molecule has 0 saturated heterocycles. The lowest BCUT2D eigenvalue weighted by Gasteiger charge is -2.21. The molecule has 0 bridgehead atoms. The van der Waals surface area contributed by atoms with Gasteiger partial charge >= 0.3 is 0 Å². The van der Waals surface area contributed by atoms with Crippen LogP contribution in [-0.2, 0) is 11.3 Å². The maximum atomic E-state index is 13.0. The summed E-state index contributed by atoms with van der Waals surface area (Å²) in [5.41, 5.74) is 2.49. The van der Waals surface area contributed by atoms with Crippen LogP contribution in [-0.4, -0.2) is 24.0 Å². The number of halogens is 1. The first kappa shape index (κ1) is 21.9. The number of methoxy groups -OCH3 is 1. The number of nitrogens with zero attached hydrogens (tertiary/aromatic N) is 1. The predicted octanol–water partition coefficient (Wildman–Crippen LogP) is 5.15. The van der Waals surface area contributed by atoms with Crippen LogP contribution in [0.2, 0.25) is 5.02 Å². The molecule has 158 valence electrons. The van der Waals surface area contributed by atoms with Crippen molar-refractivity contribution in [2.45, 2.75) is 32.9 Å². The zero-order chi connectivity index (χ0) is 21.5. The van der Waals surface area contributed by atoms with Crippen LogP contribution in [0.25, 0.3) is 11.3 Å². The molecule has 1 heterocycles. The number of hydrogen-bond acceptors (Lipinski definition) is 5. The molecule has 0 saturated carbocycles. The molecule has 1 aromatic heterocycles. The standard InChI is InChI=1S/C23H26ClN3O3/c1-15(2)10-20(26-12-16-4-6-17(24)7-5-16)23(28)27-18-8-9-19(21(11-18)29-3)22-13-25-14-30-22/h4-9,11,13-15,20,26H,10,12H2,1-3H3,(H,27,28). The monoisotopic (exact) mass is 427 g/mol. The smallest absolute Gasteiger partial charge is 0.241 e. The van der Waals surface area contributed by atoms with Crippen molar-refractivity contribution in [1.29, 1.82) is 0 Å². The fraction of sp³-hybridized carbons (Fsp3) is 0.304. The minimum Gasteiger partial charge on any atom is -0.496 e. The van der Waals surface area contributed by atoms with Crippen molar-refractivity contribution in [3.05, 3.63) is 65.6 Å². The van der Waals surface area contributed by atoms with E-state index in [-0.39, 0.29) is 11.9 Å². The van der Waals surface area contributed by atoms with Gasteiger partial charge in [-0.15, -0.1) is 0 Å². The number of amides is 1. The largest absolute Gasteiger partial charge is 0.496 e. The molecule has 2 aromatic carbocycles. The number of rotatable bonds is 9. The van der Waals surface area contributed by atoms with Crippen LogP contribution in [0, 0.1) is 5.92 Å². The minimum atomic E-state index is -0.333. The molecule has 30 heavy (non-hydrogen) atoms. The molecule has 7 heteroatoms. The van der Waals surface area contributed by atoms with E-state index in [1.54, 1.807) is 19.4 Å². The second-order valence-corrected chi connectivity index (χ2v) is 7.90. The minimum absolute atomic E-state index is 0.0906. The maximum absolute atomic E-state index is 13.0. The number of oxazole rings is 1. The molecule has 0 spiro atoms. The van der Waals surface area contributed by atoms with E-state index in [0.29, 0.717) is 41.1 Å². The van der Waals surface area contributed by atoms with Crippen molar-refractivity contribution in [3.63, 3.8) is 0 Å². The summed E-state index contributed by atoms with van der Waals surface area (Å²) in [6, 6.07) is 12.7. The Kier molecular flexibility index (Phi) is 7.49. The molecule has 0 radical (unpaired) electrons. The summed E-state index contributed by atoms with van der Waals surface area (Å²) in [6.45, 7) is 4.77. The highest BCUT2D eigenvalue weighted by molar-refractivity contribution is 6.30. The van der Waals surface area contributed by atoms with Crippen molar-refractivity contribution in [2.75, 3.05) is 12.4 Å². The van der Waals surface area contributed by atoms with E-state index in [9.17, 15) is 4.79 Å². The van der Waals surface area contributed by atoms with Gasteiger partial charge in [-0.25, -0.2) is 4.98 Å². The molecular weight excluding hydrogens is 402 g/mol. The van der Waals surface area contributed by atoms with Crippen molar-refractivity contribution in [3.8, 4) is 17.1 Å². The van der Waals surface area contributed by atoms with Gasteiger partial charge in [-0.2, -0.15) is 0 Å². The SMILES string of the molecule is COc1cc(NC(=O)C(CC(C)C)NCc2ccc(Cl)cc2)ccc1-c1cnco1. The lowest BCUT2D eigenvalue weighted by atomic mass is 10.0. The molecule has 2 N–H and O–H groups in total. The highest BCUT2D eigenvalue weighted by Crippen LogP contribution is 2.32. The third kappa shape index (κ3) is 5.84. The molecule has 0 aliphatic rings. The van der Waals surface area contributed by atoms with Gasteiger partial charge < -0.3 is 19.8 Å². The second kappa shape index (κ2) is 10.3. The van der Waals surface area contributed by atoms with Gasteiger partial charge in [0, 0.05) is 23.3 Å². The topological polar surface area (TPSA) is 76.4 Å². The molecule has 1 atom stereocenters. The van der Waals surface area contributed by atoms with Crippen LogP contribution in [0.5, 0.6) is 5.75 Å². The van der Waals surface area contributed by atoms with E-state index in [1.165, 1.54) is 6.39 Å². The Morgan fingerprint density at radius 1 is 1.20 bits per heavy atom. The van der Waals surface area contributed by atoms with Gasteiger partial charge in [0.1, 0.15) is 5.75 Å². The lowest BCUT2D eigenvalue weighted by Crippen LogP contribution is -2.41. The van der Waals surface area contributed by atoms with Crippen LogP contribution in [0.4, 0.5) is 5.69 Å².